The Morgan fingerprint density at radius 2 is 2.05 bits per heavy atom. The minimum Gasteiger partial charge on any atom is -0.492 e. The topological polar surface area (TPSA) is 67.4 Å². The fourth-order valence-corrected chi connectivity index (χ4v) is 2.83. The summed E-state index contributed by atoms with van der Waals surface area (Å²) in [6.45, 7) is 1.67. The Morgan fingerprint density at radius 3 is 2.63 bits per heavy atom. The van der Waals surface area contributed by atoms with Gasteiger partial charge in [0.25, 0.3) is 0 Å². The molecule has 0 saturated carbocycles. The molecule has 1 aliphatic rings. The van der Waals surface area contributed by atoms with Gasteiger partial charge in [-0.25, -0.2) is 13.1 Å². The van der Waals surface area contributed by atoms with Crippen molar-refractivity contribution in [3.63, 3.8) is 0 Å². The van der Waals surface area contributed by atoms with Crippen LogP contribution in [-0.4, -0.2) is 34.7 Å². The van der Waals surface area contributed by atoms with Gasteiger partial charge in [0.1, 0.15) is 12.4 Å². The predicted octanol–water partition coefficient (Wildman–Crippen LogP) is 1.12. The maximum atomic E-state index is 11.6. The molecular weight excluding hydrogens is 264 g/mol. The molecule has 6 heteroatoms. The Balaban J connectivity index is 1.91. The van der Waals surface area contributed by atoms with Crippen molar-refractivity contribution in [2.75, 3.05) is 20.2 Å². The molecule has 1 unspecified atom stereocenters. The van der Waals surface area contributed by atoms with E-state index in [2.05, 4.69) is 10.0 Å². The number of nitrogens with one attached hydrogen (secondary N) is 2. The summed E-state index contributed by atoms with van der Waals surface area (Å²) in [6.07, 6.45) is 3.60. The first-order valence-electron chi connectivity index (χ1n) is 6.51. The molecule has 1 aromatic carbocycles. The van der Waals surface area contributed by atoms with E-state index in [1.165, 1.54) is 19.9 Å². The molecule has 0 spiro atoms. The zero-order chi connectivity index (χ0) is 13.7. The lowest BCUT2D eigenvalue weighted by Crippen LogP contribution is -2.38. The molecular formula is C13H20N2O3S. The molecule has 19 heavy (non-hydrogen) atoms. The average Bonchev–Trinajstić information content (AvgIpc) is 2.47. The fraction of sp³-hybridized carbons (Fsp3) is 0.538. The molecule has 1 saturated heterocycles. The van der Waals surface area contributed by atoms with Crippen LogP contribution in [0.1, 0.15) is 19.3 Å². The first-order valence-corrected chi connectivity index (χ1v) is 8.00. The van der Waals surface area contributed by atoms with Crippen molar-refractivity contribution in [1.29, 1.82) is 0 Å². The Kier molecular flexibility index (Phi) is 4.79. The first kappa shape index (κ1) is 14.3. The van der Waals surface area contributed by atoms with Crippen LogP contribution in [0.15, 0.2) is 29.2 Å². The van der Waals surface area contributed by atoms with Gasteiger partial charge in [0.05, 0.1) is 4.90 Å². The van der Waals surface area contributed by atoms with Crippen LogP contribution in [0.2, 0.25) is 0 Å². The average molecular weight is 284 g/mol. The number of sulfonamides is 1. The van der Waals surface area contributed by atoms with E-state index < -0.39 is 10.0 Å². The van der Waals surface area contributed by atoms with E-state index in [1.54, 1.807) is 24.3 Å². The summed E-state index contributed by atoms with van der Waals surface area (Å²) >= 11 is 0. The van der Waals surface area contributed by atoms with Gasteiger partial charge in [0, 0.05) is 6.04 Å². The van der Waals surface area contributed by atoms with Crippen LogP contribution in [0.3, 0.4) is 0 Å². The van der Waals surface area contributed by atoms with Crippen molar-refractivity contribution < 1.29 is 13.2 Å². The summed E-state index contributed by atoms with van der Waals surface area (Å²) in [5.74, 6) is 0.697. The first-order chi connectivity index (χ1) is 9.12. The van der Waals surface area contributed by atoms with E-state index in [0.29, 0.717) is 18.4 Å². The summed E-state index contributed by atoms with van der Waals surface area (Å²) in [5, 5.41) is 3.40. The quantitative estimate of drug-likeness (QED) is 0.850. The summed E-state index contributed by atoms with van der Waals surface area (Å²) < 4.78 is 31.1. The van der Waals surface area contributed by atoms with E-state index >= 15 is 0 Å². The van der Waals surface area contributed by atoms with Crippen LogP contribution in [0.5, 0.6) is 5.75 Å². The van der Waals surface area contributed by atoms with Crippen molar-refractivity contribution in [3.05, 3.63) is 24.3 Å². The summed E-state index contributed by atoms with van der Waals surface area (Å²) in [5.41, 5.74) is 0. The Morgan fingerprint density at radius 1 is 1.32 bits per heavy atom. The van der Waals surface area contributed by atoms with Gasteiger partial charge in [0.2, 0.25) is 10.0 Å². The highest BCUT2D eigenvalue weighted by atomic mass is 32.2. The number of benzene rings is 1. The molecule has 1 atom stereocenters. The Labute approximate surface area is 114 Å². The lowest BCUT2D eigenvalue weighted by Gasteiger charge is -2.23. The number of ether oxygens (including phenoxy) is 1. The molecule has 106 valence electrons. The molecule has 0 amide bonds. The van der Waals surface area contributed by atoms with Crippen LogP contribution < -0.4 is 14.8 Å². The maximum absolute atomic E-state index is 11.6. The molecule has 1 heterocycles. The largest absolute Gasteiger partial charge is 0.492 e. The summed E-state index contributed by atoms with van der Waals surface area (Å²) in [6, 6.07) is 6.87. The van der Waals surface area contributed by atoms with Gasteiger partial charge in [-0.1, -0.05) is 6.42 Å². The van der Waals surface area contributed by atoms with Gasteiger partial charge in [-0.15, -0.1) is 0 Å². The smallest absolute Gasteiger partial charge is 0.240 e. The van der Waals surface area contributed by atoms with Crippen molar-refractivity contribution in [2.45, 2.75) is 30.2 Å². The SMILES string of the molecule is CNS(=O)(=O)c1ccc(OCC2CCCCN2)cc1. The monoisotopic (exact) mass is 284 g/mol. The van der Waals surface area contributed by atoms with E-state index in [9.17, 15) is 8.42 Å². The fourth-order valence-electron chi connectivity index (χ4n) is 2.10. The minimum atomic E-state index is -3.37. The molecule has 1 aliphatic heterocycles. The van der Waals surface area contributed by atoms with E-state index in [-0.39, 0.29) is 4.90 Å². The van der Waals surface area contributed by atoms with Gasteiger partial charge in [-0.05, 0) is 50.7 Å². The molecule has 0 radical (unpaired) electrons. The zero-order valence-electron chi connectivity index (χ0n) is 11.1. The van der Waals surface area contributed by atoms with Gasteiger partial charge in [-0.2, -0.15) is 0 Å². The van der Waals surface area contributed by atoms with Crippen molar-refractivity contribution in [2.24, 2.45) is 0 Å². The molecule has 2 N–H and O–H groups in total. The zero-order valence-corrected chi connectivity index (χ0v) is 11.9. The third-order valence-electron chi connectivity index (χ3n) is 3.27. The van der Waals surface area contributed by atoms with Crippen molar-refractivity contribution >= 4 is 10.0 Å². The third kappa shape index (κ3) is 3.92. The van der Waals surface area contributed by atoms with Crippen LogP contribution in [-0.2, 0) is 10.0 Å². The number of hydrogen-bond acceptors (Lipinski definition) is 4. The van der Waals surface area contributed by atoms with Gasteiger partial charge >= 0.3 is 0 Å². The Hall–Kier alpha value is -1.11. The number of piperidine rings is 1. The molecule has 2 rings (SSSR count). The van der Waals surface area contributed by atoms with Crippen molar-refractivity contribution in [1.82, 2.24) is 10.0 Å². The van der Waals surface area contributed by atoms with Gasteiger partial charge < -0.3 is 10.1 Å². The summed E-state index contributed by atoms with van der Waals surface area (Å²) in [4.78, 5) is 0.248. The van der Waals surface area contributed by atoms with E-state index in [1.807, 2.05) is 0 Å². The second-order valence-electron chi connectivity index (χ2n) is 4.64. The van der Waals surface area contributed by atoms with Gasteiger partial charge in [-0.3, -0.25) is 0 Å². The van der Waals surface area contributed by atoms with E-state index in [0.717, 1.165) is 13.0 Å². The maximum Gasteiger partial charge on any atom is 0.240 e. The van der Waals surface area contributed by atoms with Crippen LogP contribution in [0.25, 0.3) is 0 Å². The second kappa shape index (κ2) is 6.36. The van der Waals surface area contributed by atoms with E-state index in [4.69, 9.17) is 4.74 Å². The Bertz CT molecular complexity index is 493. The normalized spacial score (nSPS) is 20.2. The second-order valence-corrected chi connectivity index (χ2v) is 6.52. The molecule has 0 aromatic heterocycles. The lowest BCUT2D eigenvalue weighted by molar-refractivity contribution is 0.239. The highest BCUT2D eigenvalue weighted by Crippen LogP contribution is 2.16. The standard InChI is InChI=1S/C13H20N2O3S/c1-14-19(16,17)13-7-5-12(6-8-13)18-10-11-4-2-3-9-15-11/h5-8,11,14-15H,2-4,9-10H2,1H3. The number of rotatable bonds is 5. The van der Waals surface area contributed by atoms with Crippen LogP contribution in [0.4, 0.5) is 0 Å². The third-order valence-corrected chi connectivity index (χ3v) is 4.70. The predicted molar refractivity (Wildman–Crippen MR) is 73.8 cm³/mol. The molecule has 1 fully saturated rings. The highest BCUT2D eigenvalue weighted by Gasteiger charge is 2.14. The molecule has 0 bridgehead atoms. The molecule has 0 aliphatic carbocycles. The van der Waals surface area contributed by atoms with Gasteiger partial charge in [0.15, 0.2) is 0 Å². The van der Waals surface area contributed by atoms with Crippen LogP contribution in [0, 0.1) is 0 Å². The van der Waals surface area contributed by atoms with Crippen molar-refractivity contribution in [3.8, 4) is 5.75 Å². The number of hydrogen-bond donors (Lipinski definition) is 2. The lowest BCUT2D eigenvalue weighted by atomic mass is 10.1. The minimum absolute atomic E-state index is 0.248. The highest BCUT2D eigenvalue weighted by molar-refractivity contribution is 7.89. The molecule has 5 nitrogen and oxygen atoms in total. The molecule has 1 aromatic rings. The van der Waals surface area contributed by atoms with Crippen LogP contribution >= 0.6 is 0 Å². The summed E-state index contributed by atoms with van der Waals surface area (Å²) in [7, 11) is -1.97.